The highest BCUT2D eigenvalue weighted by atomic mass is 127. The molecular weight excluding hydrogens is 515 g/mol. The van der Waals surface area contributed by atoms with Gasteiger partial charge in [-0.2, -0.15) is 5.10 Å². The molecule has 0 fully saturated rings. The first-order valence-electron chi connectivity index (χ1n) is 9.07. The summed E-state index contributed by atoms with van der Waals surface area (Å²) < 4.78 is 12.3. The van der Waals surface area contributed by atoms with E-state index in [1.165, 1.54) is 0 Å². The van der Waals surface area contributed by atoms with Gasteiger partial charge in [-0.3, -0.25) is 4.79 Å². The zero-order valence-electron chi connectivity index (χ0n) is 15.6. The summed E-state index contributed by atoms with van der Waals surface area (Å²) in [7, 11) is 0. The molecule has 1 aromatic heterocycles. The molecule has 1 heterocycles. The van der Waals surface area contributed by atoms with E-state index in [2.05, 4.69) is 33.1 Å². The quantitative estimate of drug-likeness (QED) is 0.188. The molecule has 30 heavy (non-hydrogen) atoms. The summed E-state index contributed by atoms with van der Waals surface area (Å²) in [5, 5.41) is 5.36. The molecule has 0 bridgehead atoms. The highest BCUT2D eigenvalue weighted by Crippen LogP contribution is 2.24. The summed E-state index contributed by atoms with van der Waals surface area (Å²) >= 11 is 8.17. The lowest BCUT2D eigenvalue weighted by molar-refractivity contribution is 0.0929. The van der Waals surface area contributed by atoms with Crippen LogP contribution in [-0.2, 0) is 6.61 Å². The van der Waals surface area contributed by atoms with Crippen molar-refractivity contribution in [3.8, 4) is 5.75 Å². The maximum Gasteiger partial charge on any atom is 0.307 e. The Morgan fingerprint density at radius 3 is 2.73 bits per heavy atom. The number of hydrogen-bond donors (Lipinski definition) is 1. The van der Waals surface area contributed by atoms with Gasteiger partial charge in [-0.1, -0.05) is 41.9 Å². The van der Waals surface area contributed by atoms with Crippen LogP contribution >= 0.6 is 34.2 Å². The van der Waals surface area contributed by atoms with E-state index in [1.807, 2.05) is 48.5 Å². The van der Waals surface area contributed by atoms with Crippen LogP contribution in [0.4, 0.5) is 0 Å². The van der Waals surface area contributed by atoms with Crippen molar-refractivity contribution in [1.29, 1.82) is 0 Å². The molecule has 3 aromatic carbocycles. The van der Waals surface area contributed by atoms with E-state index in [4.69, 9.17) is 20.8 Å². The van der Waals surface area contributed by atoms with E-state index in [0.29, 0.717) is 17.2 Å². The monoisotopic (exact) mass is 530 g/mol. The van der Waals surface area contributed by atoms with Crippen LogP contribution in [0.15, 0.2) is 82.3 Å². The fourth-order valence-corrected chi connectivity index (χ4v) is 3.67. The highest BCUT2D eigenvalue weighted by Gasteiger charge is 2.11. The normalized spacial score (nSPS) is 11.1. The fourth-order valence-electron chi connectivity index (χ4n) is 2.80. The second kappa shape index (κ2) is 9.32. The minimum absolute atomic E-state index is 0.170. The Labute approximate surface area is 191 Å². The molecule has 1 N–H and O–H groups in total. The number of hydrazone groups is 1. The largest absolute Gasteiger partial charge is 0.488 e. The van der Waals surface area contributed by atoms with Crippen LogP contribution in [0.2, 0.25) is 5.02 Å². The molecule has 150 valence electrons. The van der Waals surface area contributed by atoms with Gasteiger partial charge in [0.05, 0.1) is 9.78 Å². The van der Waals surface area contributed by atoms with Gasteiger partial charge < -0.3 is 9.15 Å². The number of nitrogens with one attached hydrogen (secondary N) is 1. The fraction of sp³-hybridized carbons (Fsp3) is 0.0435. The Hall–Kier alpha value is -2.84. The standard InChI is InChI=1S/C23H16ClIN2O3/c24-18-7-9-20-17(11-18)12-22(30-20)23(28)27-26-13-16-6-8-21(19(25)10-16)29-14-15-4-2-1-3-5-15/h1-13H,14H2,(H,27,28)/b26-13+. The van der Waals surface area contributed by atoms with Crippen LogP contribution in [0, 0.1) is 3.57 Å². The van der Waals surface area contributed by atoms with Crippen molar-refractivity contribution in [2.45, 2.75) is 6.61 Å². The number of hydrogen-bond acceptors (Lipinski definition) is 4. The number of amides is 1. The van der Waals surface area contributed by atoms with E-state index < -0.39 is 5.91 Å². The van der Waals surface area contributed by atoms with E-state index in [-0.39, 0.29) is 5.76 Å². The molecule has 0 saturated heterocycles. The number of furan rings is 1. The average molecular weight is 531 g/mol. The third-order valence-electron chi connectivity index (χ3n) is 4.27. The predicted molar refractivity (Wildman–Crippen MR) is 126 cm³/mol. The molecule has 0 aliphatic heterocycles. The summed E-state index contributed by atoms with van der Waals surface area (Å²) in [6, 6.07) is 22.5. The van der Waals surface area contributed by atoms with E-state index in [1.54, 1.807) is 30.5 Å². The number of benzene rings is 3. The number of fused-ring (bicyclic) bond motifs is 1. The predicted octanol–water partition coefficient (Wildman–Crippen LogP) is 6.03. The van der Waals surface area contributed by atoms with Crippen LogP contribution in [0.5, 0.6) is 5.75 Å². The topological polar surface area (TPSA) is 63.8 Å². The molecule has 0 aliphatic rings. The van der Waals surface area contributed by atoms with Crippen LogP contribution in [0.25, 0.3) is 11.0 Å². The summed E-state index contributed by atoms with van der Waals surface area (Å²) in [5.41, 5.74) is 5.01. The lowest BCUT2D eigenvalue weighted by Crippen LogP contribution is -2.16. The van der Waals surface area contributed by atoms with Gasteiger partial charge in [-0.05, 0) is 76.2 Å². The van der Waals surface area contributed by atoms with Crippen LogP contribution in [0.1, 0.15) is 21.7 Å². The minimum atomic E-state index is -0.434. The zero-order chi connectivity index (χ0) is 20.9. The molecule has 0 aliphatic carbocycles. The van der Waals surface area contributed by atoms with Gasteiger partial charge in [0.1, 0.15) is 17.9 Å². The maximum absolute atomic E-state index is 12.3. The minimum Gasteiger partial charge on any atom is -0.488 e. The van der Waals surface area contributed by atoms with E-state index >= 15 is 0 Å². The molecule has 0 atom stereocenters. The van der Waals surface area contributed by atoms with E-state index in [9.17, 15) is 4.79 Å². The highest BCUT2D eigenvalue weighted by molar-refractivity contribution is 14.1. The third kappa shape index (κ3) is 5.01. The number of rotatable bonds is 6. The molecule has 4 rings (SSSR count). The number of ether oxygens (including phenoxy) is 1. The molecule has 0 radical (unpaired) electrons. The zero-order valence-corrected chi connectivity index (χ0v) is 18.6. The molecule has 5 nitrogen and oxygen atoms in total. The number of carbonyl (C=O) groups excluding carboxylic acids is 1. The molecule has 1 amide bonds. The van der Waals surface area contributed by atoms with Crippen molar-refractivity contribution in [3.05, 3.63) is 98.3 Å². The molecular formula is C23H16ClIN2O3. The average Bonchev–Trinajstić information content (AvgIpc) is 3.17. The Morgan fingerprint density at radius 2 is 1.93 bits per heavy atom. The van der Waals surface area contributed by atoms with E-state index in [0.717, 1.165) is 25.8 Å². The summed E-state index contributed by atoms with van der Waals surface area (Å²) in [4.78, 5) is 12.3. The van der Waals surface area contributed by atoms with Gasteiger partial charge in [0.25, 0.3) is 0 Å². The van der Waals surface area contributed by atoms with Gasteiger partial charge in [-0.15, -0.1) is 0 Å². The van der Waals surface area contributed by atoms with Gasteiger partial charge in [0.15, 0.2) is 5.76 Å². The molecule has 7 heteroatoms. The van der Waals surface area contributed by atoms with Gasteiger partial charge in [0.2, 0.25) is 0 Å². The Morgan fingerprint density at radius 1 is 1.10 bits per heavy atom. The Kier molecular flexibility index (Phi) is 6.35. The Balaban J connectivity index is 1.37. The molecule has 0 spiro atoms. The van der Waals surface area contributed by atoms with Crippen LogP contribution in [0.3, 0.4) is 0 Å². The summed E-state index contributed by atoms with van der Waals surface area (Å²) in [5.74, 6) is 0.529. The van der Waals surface area contributed by atoms with Crippen molar-refractivity contribution in [2.24, 2.45) is 5.10 Å². The first-order valence-corrected chi connectivity index (χ1v) is 10.5. The van der Waals surface area contributed by atoms with Crippen molar-refractivity contribution in [3.63, 3.8) is 0 Å². The first-order chi connectivity index (χ1) is 14.6. The van der Waals surface area contributed by atoms with Crippen molar-refractivity contribution >= 4 is 57.3 Å². The second-order valence-electron chi connectivity index (χ2n) is 6.46. The van der Waals surface area contributed by atoms with Gasteiger partial charge in [0, 0.05) is 10.4 Å². The molecule has 0 saturated carbocycles. The van der Waals surface area contributed by atoms with Crippen molar-refractivity contribution < 1.29 is 13.9 Å². The maximum atomic E-state index is 12.3. The van der Waals surface area contributed by atoms with Crippen LogP contribution < -0.4 is 10.2 Å². The van der Waals surface area contributed by atoms with Crippen molar-refractivity contribution in [1.82, 2.24) is 5.43 Å². The third-order valence-corrected chi connectivity index (χ3v) is 5.35. The second-order valence-corrected chi connectivity index (χ2v) is 8.05. The SMILES string of the molecule is O=C(N/N=C/c1ccc(OCc2ccccc2)c(I)c1)c1cc2cc(Cl)ccc2o1. The smallest absolute Gasteiger partial charge is 0.307 e. The molecule has 0 unspecified atom stereocenters. The lowest BCUT2D eigenvalue weighted by Gasteiger charge is -2.08. The van der Waals surface area contributed by atoms with Crippen LogP contribution in [-0.4, -0.2) is 12.1 Å². The number of nitrogens with zero attached hydrogens (tertiary/aromatic N) is 1. The summed E-state index contributed by atoms with van der Waals surface area (Å²) in [6.45, 7) is 0.503. The number of halogens is 2. The lowest BCUT2D eigenvalue weighted by atomic mass is 10.2. The van der Waals surface area contributed by atoms with Crippen molar-refractivity contribution in [2.75, 3.05) is 0 Å². The van der Waals surface area contributed by atoms with Gasteiger partial charge >= 0.3 is 5.91 Å². The molecule has 4 aromatic rings. The summed E-state index contributed by atoms with van der Waals surface area (Å²) in [6.07, 6.45) is 1.57. The Bertz CT molecular complexity index is 1220. The first kappa shape index (κ1) is 20.4. The number of carbonyl (C=O) groups is 1. The van der Waals surface area contributed by atoms with Gasteiger partial charge in [-0.25, -0.2) is 5.43 Å².